The Labute approximate surface area is 230 Å². The summed E-state index contributed by atoms with van der Waals surface area (Å²) in [4.78, 5) is 0. The molecule has 0 amide bonds. The lowest BCUT2D eigenvalue weighted by Crippen LogP contribution is -2.33. The Morgan fingerprint density at radius 1 is 0.897 bits per heavy atom. The highest BCUT2D eigenvalue weighted by atomic mass is 32.2. The van der Waals surface area contributed by atoms with Crippen LogP contribution in [0, 0.1) is 0 Å². The van der Waals surface area contributed by atoms with Crippen LogP contribution in [0.25, 0.3) is 0 Å². The molecule has 39 heavy (non-hydrogen) atoms. The van der Waals surface area contributed by atoms with Gasteiger partial charge in [-0.15, -0.1) is 0 Å². The Morgan fingerprint density at radius 3 is 2.13 bits per heavy atom. The van der Waals surface area contributed by atoms with Gasteiger partial charge in [0.2, 0.25) is 10.0 Å². The standard InChI is InChI=1S/C28H37N2O7PS/c1-4-36-38(33,37-5-2)25-14-12-23(13-15-25)26(18-21-9-7-6-8-10-21)29-20-24(31)17-22-11-16-28(32)27(19-22)30-39(3,34)35/h6-16,19,24,26,29-32H,4-5,17-18,20H2,1-3H3/t24-,26?/m0/s1. The van der Waals surface area contributed by atoms with Gasteiger partial charge in [-0.05, 0) is 67.6 Å². The summed E-state index contributed by atoms with van der Waals surface area (Å²) >= 11 is 0. The van der Waals surface area contributed by atoms with E-state index in [1.165, 1.54) is 12.1 Å². The number of phenolic OH excluding ortho intramolecular Hbond substituents is 1. The van der Waals surface area contributed by atoms with Gasteiger partial charge in [0, 0.05) is 12.6 Å². The van der Waals surface area contributed by atoms with Gasteiger partial charge in [0.05, 0.1) is 36.6 Å². The molecule has 0 aromatic heterocycles. The van der Waals surface area contributed by atoms with E-state index in [0.29, 0.717) is 17.3 Å². The quantitative estimate of drug-likeness (QED) is 0.157. The third-order valence-corrected chi connectivity index (χ3v) is 8.64. The molecular formula is C28H37N2O7PS. The Kier molecular flexibility index (Phi) is 11.1. The topological polar surface area (TPSA) is 134 Å². The molecule has 2 atom stereocenters. The number of nitrogens with one attached hydrogen (secondary N) is 2. The molecule has 0 saturated carbocycles. The molecule has 9 nitrogen and oxygen atoms in total. The van der Waals surface area contributed by atoms with Gasteiger partial charge in [-0.1, -0.05) is 48.5 Å². The van der Waals surface area contributed by atoms with Crippen molar-refractivity contribution in [3.05, 3.63) is 89.5 Å². The van der Waals surface area contributed by atoms with Crippen LogP contribution in [0.15, 0.2) is 72.8 Å². The molecular weight excluding hydrogens is 539 g/mol. The number of hydrogen-bond donors (Lipinski definition) is 4. The SMILES string of the molecule is CCOP(=O)(OCC)c1ccc(C(Cc2ccccc2)NC[C@@H](O)Cc2ccc(O)c(NS(C)(=O)=O)c2)cc1. The molecule has 11 heteroatoms. The molecule has 0 radical (unpaired) electrons. The van der Waals surface area contributed by atoms with E-state index >= 15 is 0 Å². The zero-order valence-corrected chi connectivity index (χ0v) is 24.1. The van der Waals surface area contributed by atoms with Crippen molar-refractivity contribution in [2.45, 2.75) is 38.8 Å². The largest absolute Gasteiger partial charge is 0.506 e. The predicted molar refractivity (Wildman–Crippen MR) is 154 cm³/mol. The fourth-order valence-corrected chi connectivity index (χ4v) is 6.32. The molecule has 212 valence electrons. The van der Waals surface area contributed by atoms with Gasteiger partial charge in [-0.3, -0.25) is 9.29 Å². The first-order valence-corrected chi connectivity index (χ1v) is 16.2. The maximum atomic E-state index is 13.2. The lowest BCUT2D eigenvalue weighted by molar-refractivity contribution is 0.167. The average Bonchev–Trinajstić information content (AvgIpc) is 2.89. The van der Waals surface area contributed by atoms with E-state index in [0.717, 1.165) is 17.4 Å². The second-order valence-corrected chi connectivity index (χ2v) is 12.9. The van der Waals surface area contributed by atoms with Crippen molar-refractivity contribution < 1.29 is 32.2 Å². The maximum Gasteiger partial charge on any atom is 0.361 e. The molecule has 0 aliphatic heterocycles. The summed E-state index contributed by atoms with van der Waals surface area (Å²) in [5.74, 6) is -0.193. The Balaban J connectivity index is 1.75. The molecule has 0 saturated heterocycles. The first kappa shape index (κ1) is 30.8. The van der Waals surface area contributed by atoms with Gasteiger partial charge < -0.3 is 24.6 Å². The van der Waals surface area contributed by atoms with Crippen LogP contribution < -0.4 is 15.3 Å². The number of aliphatic hydroxyl groups is 1. The van der Waals surface area contributed by atoms with E-state index in [1.807, 2.05) is 42.5 Å². The number of hydrogen-bond acceptors (Lipinski definition) is 8. The molecule has 4 N–H and O–H groups in total. The summed E-state index contributed by atoms with van der Waals surface area (Å²) in [7, 11) is -6.96. The van der Waals surface area contributed by atoms with Crippen LogP contribution in [0.1, 0.15) is 36.6 Å². The second kappa shape index (κ2) is 14.1. The minimum absolute atomic E-state index is 0.0635. The molecule has 0 aliphatic rings. The van der Waals surface area contributed by atoms with Crippen LogP contribution in [0.2, 0.25) is 0 Å². The van der Waals surface area contributed by atoms with Gasteiger partial charge >= 0.3 is 7.60 Å². The molecule has 0 bridgehead atoms. The van der Waals surface area contributed by atoms with Crippen molar-refractivity contribution in [3.8, 4) is 5.75 Å². The molecule has 0 fully saturated rings. The minimum atomic E-state index is -3.56. The lowest BCUT2D eigenvalue weighted by atomic mass is 9.98. The number of sulfonamides is 1. The third kappa shape index (κ3) is 9.46. The Hall–Kier alpha value is -2.72. The average molecular weight is 577 g/mol. The van der Waals surface area contributed by atoms with E-state index in [1.54, 1.807) is 32.0 Å². The molecule has 0 spiro atoms. The predicted octanol–water partition coefficient (Wildman–Crippen LogP) is 4.13. The summed E-state index contributed by atoms with van der Waals surface area (Å²) in [5.41, 5.74) is 2.78. The van der Waals surface area contributed by atoms with Crippen LogP contribution in [0.4, 0.5) is 5.69 Å². The summed E-state index contributed by atoms with van der Waals surface area (Å²) < 4.78 is 49.5. The van der Waals surface area contributed by atoms with Gasteiger partial charge in [0.1, 0.15) is 5.75 Å². The van der Waals surface area contributed by atoms with Gasteiger partial charge in [0.25, 0.3) is 0 Å². The van der Waals surface area contributed by atoms with E-state index < -0.39 is 23.7 Å². The summed E-state index contributed by atoms with van der Waals surface area (Å²) in [6.45, 7) is 4.33. The van der Waals surface area contributed by atoms with Crippen molar-refractivity contribution in [1.82, 2.24) is 5.32 Å². The van der Waals surface area contributed by atoms with Crippen LogP contribution >= 0.6 is 7.60 Å². The molecule has 3 rings (SSSR count). The first-order valence-electron chi connectivity index (χ1n) is 12.8. The zero-order chi connectivity index (χ0) is 28.5. The van der Waals surface area contributed by atoms with Crippen molar-refractivity contribution in [1.29, 1.82) is 0 Å². The third-order valence-electron chi connectivity index (χ3n) is 5.92. The maximum absolute atomic E-state index is 13.2. The number of aromatic hydroxyl groups is 1. The molecule has 3 aromatic carbocycles. The number of rotatable bonds is 15. The summed E-state index contributed by atoms with van der Waals surface area (Å²) in [6, 6.07) is 21.6. The molecule has 1 unspecified atom stereocenters. The van der Waals surface area contributed by atoms with Crippen molar-refractivity contribution >= 4 is 28.6 Å². The number of benzene rings is 3. The van der Waals surface area contributed by atoms with Crippen LogP contribution in [0.5, 0.6) is 5.75 Å². The van der Waals surface area contributed by atoms with Crippen molar-refractivity contribution in [2.24, 2.45) is 0 Å². The number of phenols is 1. The first-order chi connectivity index (χ1) is 18.5. The highest BCUT2D eigenvalue weighted by molar-refractivity contribution is 7.92. The van der Waals surface area contributed by atoms with E-state index in [-0.39, 0.29) is 43.7 Å². The normalized spacial score (nSPS) is 13.6. The Bertz CT molecular complexity index is 1340. The molecule has 0 heterocycles. The number of aliphatic hydroxyl groups excluding tert-OH is 1. The van der Waals surface area contributed by atoms with E-state index in [2.05, 4.69) is 10.0 Å². The highest BCUT2D eigenvalue weighted by Gasteiger charge is 2.27. The molecule has 0 aliphatic carbocycles. The lowest BCUT2D eigenvalue weighted by Gasteiger charge is -2.23. The Morgan fingerprint density at radius 2 is 1.54 bits per heavy atom. The van der Waals surface area contributed by atoms with Crippen LogP contribution in [-0.4, -0.2) is 50.7 Å². The van der Waals surface area contributed by atoms with E-state index in [9.17, 15) is 23.2 Å². The van der Waals surface area contributed by atoms with Crippen molar-refractivity contribution in [2.75, 3.05) is 30.7 Å². The van der Waals surface area contributed by atoms with Crippen LogP contribution in [0.3, 0.4) is 0 Å². The van der Waals surface area contributed by atoms with E-state index in [4.69, 9.17) is 9.05 Å². The minimum Gasteiger partial charge on any atom is -0.506 e. The summed E-state index contributed by atoms with van der Waals surface area (Å²) in [5, 5.41) is 24.7. The number of anilines is 1. The van der Waals surface area contributed by atoms with Gasteiger partial charge in [-0.25, -0.2) is 8.42 Å². The van der Waals surface area contributed by atoms with Gasteiger partial charge in [-0.2, -0.15) is 0 Å². The van der Waals surface area contributed by atoms with Gasteiger partial charge in [0.15, 0.2) is 0 Å². The zero-order valence-electron chi connectivity index (χ0n) is 22.4. The van der Waals surface area contributed by atoms with Crippen molar-refractivity contribution in [3.63, 3.8) is 0 Å². The fraction of sp³-hybridized carbons (Fsp3) is 0.357. The highest BCUT2D eigenvalue weighted by Crippen LogP contribution is 2.46. The molecule has 3 aromatic rings. The monoisotopic (exact) mass is 576 g/mol. The second-order valence-electron chi connectivity index (χ2n) is 9.16. The fourth-order valence-electron chi connectivity index (χ4n) is 4.19. The smallest absolute Gasteiger partial charge is 0.361 e. The van der Waals surface area contributed by atoms with Crippen LogP contribution in [-0.2, 0) is 36.5 Å². The summed E-state index contributed by atoms with van der Waals surface area (Å²) in [6.07, 6.45) is 1.12.